The number of carboxylic acids is 1. The third kappa shape index (κ3) is 5.45. The molecule has 1 aromatic rings. The van der Waals surface area contributed by atoms with Crippen LogP contribution in [0.1, 0.15) is 30.6 Å². The Hall–Kier alpha value is -1.93. The number of primary sulfonamides is 1. The van der Waals surface area contributed by atoms with Gasteiger partial charge in [0.05, 0.1) is 10.8 Å². The molecular formula is C14H20N2O5S. The number of hydrogen-bond donors (Lipinski definition) is 3. The first-order valence-corrected chi connectivity index (χ1v) is 8.29. The Morgan fingerprint density at radius 3 is 2.18 bits per heavy atom. The van der Waals surface area contributed by atoms with Gasteiger partial charge in [0.2, 0.25) is 10.0 Å². The van der Waals surface area contributed by atoms with Crippen molar-refractivity contribution in [1.82, 2.24) is 5.32 Å². The van der Waals surface area contributed by atoms with Crippen molar-refractivity contribution in [3.05, 3.63) is 29.8 Å². The Bertz CT molecular complexity index is 638. The molecule has 0 aliphatic rings. The molecule has 1 amide bonds. The summed E-state index contributed by atoms with van der Waals surface area (Å²) in [4.78, 5) is 23.0. The number of carbonyl (C=O) groups excluding carboxylic acids is 1. The van der Waals surface area contributed by atoms with E-state index in [1.165, 1.54) is 24.3 Å². The molecule has 1 rings (SSSR count). The van der Waals surface area contributed by atoms with Gasteiger partial charge < -0.3 is 10.4 Å². The molecule has 0 heterocycles. The number of rotatable bonds is 7. The molecule has 122 valence electrons. The number of carbonyl (C=O) groups is 2. The Morgan fingerprint density at radius 2 is 1.77 bits per heavy atom. The number of hydrogen-bond acceptors (Lipinski definition) is 4. The lowest BCUT2D eigenvalue weighted by atomic mass is 9.97. The SMILES string of the molecule is CC(C)CC(CNC(=O)c1ccc(S(N)(=O)=O)cc1)C(=O)O. The van der Waals surface area contributed by atoms with Crippen molar-refractivity contribution in [2.24, 2.45) is 17.0 Å². The van der Waals surface area contributed by atoms with Crippen LogP contribution in [0.3, 0.4) is 0 Å². The van der Waals surface area contributed by atoms with Gasteiger partial charge in [0.1, 0.15) is 0 Å². The van der Waals surface area contributed by atoms with Crippen LogP contribution in [0.5, 0.6) is 0 Å². The molecule has 4 N–H and O–H groups in total. The highest BCUT2D eigenvalue weighted by Gasteiger charge is 2.20. The Balaban J connectivity index is 2.70. The van der Waals surface area contributed by atoms with Gasteiger partial charge in [-0.2, -0.15) is 0 Å². The van der Waals surface area contributed by atoms with Gasteiger partial charge >= 0.3 is 5.97 Å². The largest absolute Gasteiger partial charge is 0.481 e. The van der Waals surface area contributed by atoms with E-state index in [1.807, 2.05) is 13.8 Å². The van der Waals surface area contributed by atoms with E-state index < -0.39 is 27.8 Å². The van der Waals surface area contributed by atoms with E-state index in [9.17, 15) is 18.0 Å². The first-order valence-electron chi connectivity index (χ1n) is 6.75. The van der Waals surface area contributed by atoms with Crippen LogP contribution in [0.2, 0.25) is 0 Å². The van der Waals surface area contributed by atoms with E-state index in [-0.39, 0.29) is 22.9 Å². The molecule has 0 fully saturated rings. The highest BCUT2D eigenvalue weighted by molar-refractivity contribution is 7.89. The summed E-state index contributed by atoms with van der Waals surface area (Å²) >= 11 is 0. The second-order valence-corrected chi connectivity index (χ2v) is 7.01. The van der Waals surface area contributed by atoms with Crippen LogP contribution in [-0.2, 0) is 14.8 Å². The van der Waals surface area contributed by atoms with Gasteiger partial charge in [-0.3, -0.25) is 9.59 Å². The van der Waals surface area contributed by atoms with Gasteiger partial charge in [0.15, 0.2) is 0 Å². The molecular weight excluding hydrogens is 308 g/mol. The second kappa shape index (κ2) is 7.37. The number of carboxylic acid groups (broad SMARTS) is 1. The van der Waals surface area contributed by atoms with Gasteiger partial charge in [-0.05, 0) is 36.6 Å². The molecule has 8 heteroatoms. The minimum Gasteiger partial charge on any atom is -0.481 e. The molecule has 0 radical (unpaired) electrons. The molecule has 22 heavy (non-hydrogen) atoms. The van der Waals surface area contributed by atoms with Crippen LogP contribution in [0.15, 0.2) is 29.2 Å². The molecule has 0 spiro atoms. The van der Waals surface area contributed by atoms with E-state index >= 15 is 0 Å². The third-order valence-corrected chi connectivity index (χ3v) is 3.99. The first-order chi connectivity index (χ1) is 10.1. The maximum atomic E-state index is 11.9. The van der Waals surface area contributed by atoms with Crippen LogP contribution in [0, 0.1) is 11.8 Å². The summed E-state index contributed by atoms with van der Waals surface area (Å²) in [5.41, 5.74) is 0.237. The number of aliphatic carboxylic acids is 1. The summed E-state index contributed by atoms with van der Waals surface area (Å²) in [6.45, 7) is 3.83. The van der Waals surface area contributed by atoms with Gasteiger partial charge in [-0.1, -0.05) is 13.8 Å². The lowest BCUT2D eigenvalue weighted by molar-refractivity contribution is -0.142. The topological polar surface area (TPSA) is 127 Å². The summed E-state index contributed by atoms with van der Waals surface area (Å²) in [6, 6.07) is 5.11. The third-order valence-electron chi connectivity index (χ3n) is 3.06. The van der Waals surface area contributed by atoms with Gasteiger partial charge in [-0.15, -0.1) is 0 Å². The smallest absolute Gasteiger partial charge is 0.308 e. The number of benzene rings is 1. The second-order valence-electron chi connectivity index (χ2n) is 5.44. The quantitative estimate of drug-likeness (QED) is 0.682. The van der Waals surface area contributed by atoms with E-state index in [1.54, 1.807) is 0 Å². The predicted octanol–water partition coefficient (Wildman–Crippen LogP) is 0.811. The van der Waals surface area contributed by atoms with E-state index in [0.29, 0.717) is 6.42 Å². The summed E-state index contributed by atoms with van der Waals surface area (Å²) in [5.74, 6) is -1.88. The average molecular weight is 328 g/mol. The van der Waals surface area contributed by atoms with Gasteiger partial charge in [0, 0.05) is 12.1 Å². The van der Waals surface area contributed by atoms with Gasteiger partial charge in [-0.25, -0.2) is 13.6 Å². The number of nitrogens with one attached hydrogen (secondary N) is 1. The molecule has 0 aliphatic heterocycles. The maximum Gasteiger partial charge on any atom is 0.308 e. The Labute approximate surface area is 129 Å². The van der Waals surface area contributed by atoms with E-state index in [4.69, 9.17) is 10.2 Å². The fourth-order valence-corrected chi connectivity index (χ4v) is 2.47. The zero-order valence-corrected chi connectivity index (χ0v) is 13.3. The minimum absolute atomic E-state index is 0.0171. The van der Waals surface area contributed by atoms with Crippen molar-refractivity contribution < 1.29 is 23.1 Å². The zero-order chi connectivity index (χ0) is 16.9. The van der Waals surface area contributed by atoms with E-state index in [0.717, 1.165) is 0 Å². The molecule has 1 unspecified atom stereocenters. The molecule has 0 saturated carbocycles. The fourth-order valence-electron chi connectivity index (χ4n) is 1.95. The van der Waals surface area contributed by atoms with Crippen LogP contribution in [-0.4, -0.2) is 31.9 Å². The Kier molecular flexibility index (Phi) is 6.07. The lowest BCUT2D eigenvalue weighted by Gasteiger charge is -2.15. The lowest BCUT2D eigenvalue weighted by Crippen LogP contribution is -2.33. The minimum atomic E-state index is -3.81. The van der Waals surface area contributed by atoms with Crippen molar-refractivity contribution in [3.63, 3.8) is 0 Å². The summed E-state index contributed by atoms with van der Waals surface area (Å²) < 4.78 is 22.2. The molecule has 1 atom stereocenters. The molecule has 0 aromatic heterocycles. The van der Waals surface area contributed by atoms with E-state index in [2.05, 4.69) is 5.32 Å². The van der Waals surface area contributed by atoms with Crippen molar-refractivity contribution in [2.45, 2.75) is 25.2 Å². The fraction of sp³-hybridized carbons (Fsp3) is 0.429. The van der Waals surface area contributed by atoms with Crippen molar-refractivity contribution in [1.29, 1.82) is 0 Å². The molecule has 0 aliphatic carbocycles. The first kappa shape index (κ1) is 18.1. The molecule has 7 nitrogen and oxygen atoms in total. The normalized spacial score (nSPS) is 12.9. The predicted molar refractivity (Wildman–Crippen MR) is 80.7 cm³/mol. The highest BCUT2D eigenvalue weighted by Crippen LogP contribution is 2.12. The van der Waals surface area contributed by atoms with Crippen molar-refractivity contribution in [3.8, 4) is 0 Å². The van der Waals surface area contributed by atoms with Crippen LogP contribution < -0.4 is 10.5 Å². The van der Waals surface area contributed by atoms with Crippen molar-refractivity contribution >= 4 is 21.9 Å². The summed E-state index contributed by atoms with van der Waals surface area (Å²) in [5, 5.41) is 16.6. The number of amides is 1. The van der Waals surface area contributed by atoms with Crippen LogP contribution >= 0.6 is 0 Å². The van der Waals surface area contributed by atoms with Crippen molar-refractivity contribution in [2.75, 3.05) is 6.54 Å². The van der Waals surface area contributed by atoms with Crippen LogP contribution in [0.4, 0.5) is 0 Å². The summed E-state index contributed by atoms with van der Waals surface area (Å²) in [6.07, 6.45) is 0.458. The Morgan fingerprint density at radius 1 is 1.23 bits per heavy atom. The number of nitrogens with two attached hydrogens (primary N) is 1. The highest BCUT2D eigenvalue weighted by atomic mass is 32.2. The number of sulfonamides is 1. The monoisotopic (exact) mass is 328 g/mol. The molecule has 1 aromatic carbocycles. The standard InChI is InChI=1S/C14H20N2O5S/c1-9(2)7-11(14(18)19)8-16-13(17)10-3-5-12(6-4-10)22(15,20)21/h3-6,9,11H,7-8H2,1-2H3,(H,16,17)(H,18,19)(H2,15,20,21). The molecule has 0 bridgehead atoms. The average Bonchev–Trinajstić information content (AvgIpc) is 2.41. The summed E-state index contributed by atoms with van der Waals surface area (Å²) in [7, 11) is -3.81. The molecule has 0 saturated heterocycles. The maximum absolute atomic E-state index is 11.9. The van der Waals surface area contributed by atoms with Crippen LogP contribution in [0.25, 0.3) is 0 Å². The zero-order valence-electron chi connectivity index (χ0n) is 12.4. The van der Waals surface area contributed by atoms with Gasteiger partial charge in [0.25, 0.3) is 5.91 Å².